The molecule has 5 heteroatoms. The molecule has 0 spiro atoms. The lowest BCUT2D eigenvalue weighted by molar-refractivity contribution is 0.301. The van der Waals surface area contributed by atoms with Gasteiger partial charge in [-0.1, -0.05) is 29.3 Å². The molecule has 0 aliphatic carbocycles. The Morgan fingerprint density at radius 2 is 1.94 bits per heavy atom. The standard InChI is InChI=1S/C13H12Cl2N2O/c14-12-4-3-11(5-13(12)15)18-8-10-2-1-9(6-16)7-17-10/h1-5,7H,6,8,16H2. The second kappa shape index (κ2) is 6.05. The van der Waals surface area contributed by atoms with E-state index < -0.39 is 0 Å². The van der Waals surface area contributed by atoms with Crippen molar-refractivity contribution in [3.8, 4) is 5.75 Å². The van der Waals surface area contributed by atoms with Crippen molar-refractivity contribution in [1.82, 2.24) is 4.98 Å². The van der Waals surface area contributed by atoms with Crippen LogP contribution in [0.25, 0.3) is 0 Å². The van der Waals surface area contributed by atoms with Crippen molar-refractivity contribution in [2.24, 2.45) is 5.73 Å². The maximum Gasteiger partial charge on any atom is 0.130 e. The topological polar surface area (TPSA) is 48.1 Å². The van der Waals surface area contributed by atoms with E-state index in [1.54, 1.807) is 24.4 Å². The zero-order valence-corrected chi connectivity index (χ0v) is 11.1. The van der Waals surface area contributed by atoms with Crippen molar-refractivity contribution in [2.75, 3.05) is 0 Å². The molecule has 0 aliphatic heterocycles. The first-order chi connectivity index (χ1) is 8.69. The molecular weight excluding hydrogens is 271 g/mol. The molecule has 2 aromatic rings. The summed E-state index contributed by atoms with van der Waals surface area (Å²) in [6, 6.07) is 8.96. The minimum absolute atomic E-state index is 0.378. The first kappa shape index (κ1) is 13.1. The molecule has 0 aliphatic rings. The van der Waals surface area contributed by atoms with E-state index in [9.17, 15) is 0 Å². The fraction of sp³-hybridized carbons (Fsp3) is 0.154. The van der Waals surface area contributed by atoms with Gasteiger partial charge in [-0.25, -0.2) is 0 Å². The van der Waals surface area contributed by atoms with E-state index in [0.717, 1.165) is 11.3 Å². The Hall–Kier alpha value is -1.29. The second-order valence-corrected chi connectivity index (χ2v) is 4.54. The number of rotatable bonds is 4. The van der Waals surface area contributed by atoms with Gasteiger partial charge in [-0.05, 0) is 23.8 Å². The molecule has 94 valence electrons. The number of nitrogens with zero attached hydrogens (tertiary/aromatic N) is 1. The average molecular weight is 283 g/mol. The van der Waals surface area contributed by atoms with Gasteiger partial charge in [-0.2, -0.15) is 0 Å². The average Bonchev–Trinajstić information content (AvgIpc) is 2.41. The molecule has 1 aromatic heterocycles. The number of pyridine rings is 1. The third-order valence-electron chi connectivity index (χ3n) is 2.40. The molecule has 0 saturated heterocycles. The zero-order chi connectivity index (χ0) is 13.0. The molecule has 2 N–H and O–H groups in total. The van der Waals surface area contributed by atoms with Crippen molar-refractivity contribution in [3.05, 3.63) is 57.8 Å². The van der Waals surface area contributed by atoms with E-state index in [2.05, 4.69) is 4.98 Å². The SMILES string of the molecule is NCc1ccc(COc2ccc(Cl)c(Cl)c2)nc1. The molecule has 1 aromatic carbocycles. The van der Waals surface area contributed by atoms with Gasteiger partial charge in [0.2, 0.25) is 0 Å². The van der Waals surface area contributed by atoms with Gasteiger partial charge in [-0.3, -0.25) is 4.98 Å². The maximum atomic E-state index is 5.89. The van der Waals surface area contributed by atoms with Gasteiger partial charge >= 0.3 is 0 Å². The highest BCUT2D eigenvalue weighted by Crippen LogP contribution is 2.26. The minimum Gasteiger partial charge on any atom is -0.487 e. The van der Waals surface area contributed by atoms with Crippen molar-refractivity contribution in [1.29, 1.82) is 0 Å². The quantitative estimate of drug-likeness (QED) is 0.935. The monoisotopic (exact) mass is 282 g/mol. The molecule has 0 amide bonds. The summed E-state index contributed by atoms with van der Waals surface area (Å²) in [6.45, 7) is 0.865. The number of hydrogen-bond acceptors (Lipinski definition) is 3. The van der Waals surface area contributed by atoms with Gasteiger partial charge in [0, 0.05) is 18.8 Å². The van der Waals surface area contributed by atoms with Crippen LogP contribution in [0, 0.1) is 0 Å². The maximum absolute atomic E-state index is 5.89. The van der Waals surface area contributed by atoms with Crippen LogP contribution in [0.1, 0.15) is 11.3 Å². The number of halogens is 2. The van der Waals surface area contributed by atoms with E-state index in [-0.39, 0.29) is 0 Å². The molecule has 1 heterocycles. The van der Waals surface area contributed by atoms with Gasteiger partial charge in [0.05, 0.1) is 15.7 Å². The Morgan fingerprint density at radius 1 is 1.11 bits per heavy atom. The first-order valence-electron chi connectivity index (χ1n) is 5.41. The van der Waals surface area contributed by atoms with E-state index in [1.807, 2.05) is 12.1 Å². The van der Waals surface area contributed by atoms with Crippen LogP contribution in [0.5, 0.6) is 5.75 Å². The van der Waals surface area contributed by atoms with E-state index >= 15 is 0 Å². The molecular formula is C13H12Cl2N2O. The highest BCUT2D eigenvalue weighted by Gasteiger charge is 2.01. The lowest BCUT2D eigenvalue weighted by Gasteiger charge is -2.07. The Bertz CT molecular complexity index is 529. The van der Waals surface area contributed by atoms with E-state index in [4.69, 9.17) is 33.7 Å². The molecule has 0 unspecified atom stereocenters. The fourth-order valence-electron chi connectivity index (χ4n) is 1.39. The first-order valence-corrected chi connectivity index (χ1v) is 6.16. The second-order valence-electron chi connectivity index (χ2n) is 3.73. The largest absolute Gasteiger partial charge is 0.487 e. The number of benzene rings is 1. The zero-order valence-electron chi connectivity index (χ0n) is 9.57. The summed E-state index contributed by atoms with van der Waals surface area (Å²) >= 11 is 11.7. The third kappa shape index (κ3) is 3.35. The van der Waals surface area contributed by atoms with Crippen LogP contribution in [0.4, 0.5) is 0 Å². The van der Waals surface area contributed by atoms with Crippen molar-refractivity contribution < 1.29 is 4.74 Å². The molecule has 2 rings (SSSR count). The third-order valence-corrected chi connectivity index (χ3v) is 3.14. The Kier molecular flexibility index (Phi) is 4.42. The van der Waals surface area contributed by atoms with Gasteiger partial charge in [0.15, 0.2) is 0 Å². The molecule has 0 saturated carbocycles. The van der Waals surface area contributed by atoms with Crippen molar-refractivity contribution in [2.45, 2.75) is 13.2 Å². The van der Waals surface area contributed by atoms with Crippen LogP contribution in [0.2, 0.25) is 10.0 Å². The van der Waals surface area contributed by atoms with Gasteiger partial charge in [0.1, 0.15) is 12.4 Å². The summed E-state index contributed by atoms with van der Waals surface area (Å²) in [5, 5.41) is 0.982. The summed E-state index contributed by atoms with van der Waals surface area (Å²) in [5.74, 6) is 0.661. The summed E-state index contributed by atoms with van der Waals surface area (Å²) < 4.78 is 5.56. The predicted octanol–water partition coefficient (Wildman–Crippen LogP) is 3.43. The van der Waals surface area contributed by atoms with Gasteiger partial charge in [-0.15, -0.1) is 0 Å². The highest BCUT2D eigenvalue weighted by molar-refractivity contribution is 6.42. The Morgan fingerprint density at radius 3 is 2.56 bits per heavy atom. The number of hydrogen-bond donors (Lipinski definition) is 1. The number of nitrogens with two attached hydrogens (primary N) is 1. The van der Waals surface area contributed by atoms with E-state index in [1.165, 1.54) is 0 Å². The summed E-state index contributed by atoms with van der Waals surface area (Å²) in [5.41, 5.74) is 7.32. The Labute approximate surface area is 115 Å². The lowest BCUT2D eigenvalue weighted by atomic mass is 10.2. The van der Waals surface area contributed by atoms with E-state index in [0.29, 0.717) is 28.9 Å². The minimum atomic E-state index is 0.378. The number of ether oxygens (including phenoxy) is 1. The van der Waals surface area contributed by atoms with Crippen LogP contribution >= 0.6 is 23.2 Å². The molecule has 18 heavy (non-hydrogen) atoms. The molecule has 0 fully saturated rings. The van der Waals surface area contributed by atoms with Gasteiger partial charge < -0.3 is 10.5 Å². The van der Waals surface area contributed by atoms with Gasteiger partial charge in [0.25, 0.3) is 0 Å². The lowest BCUT2D eigenvalue weighted by Crippen LogP contribution is -2.01. The van der Waals surface area contributed by atoms with Crippen LogP contribution < -0.4 is 10.5 Å². The summed E-state index contributed by atoms with van der Waals surface area (Å²) in [6.07, 6.45) is 1.74. The predicted molar refractivity (Wildman–Crippen MR) is 72.9 cm³/mol. The normalized spacial score (nSPS) is 10.4. The fourth-order valence-corrected chi connectivity index (χ4v) is 1.67. The van der Waals surface area contributed by atoms with Crippen molar-refractivity contribution in [3.63, 3.8) is 0 Å². The molecule has 0 radical (unpaired) electrons. The van der Waals surface area contributed by atoms with Crippen LogP contribution in [-0.2, 0) is 13.2 Å². The van der Waals surface area contributed by atoms with Crippen LogP contribution in [-0.4, -0.2) is 4.98 Å². The van der Waals surface area contributed by atoms with Crippen LogP contribution in [0.15, 0.2) is 36.5 Å². The summed E-state index contributed by atoms with van der Waals surface area (Å²) in [7, 11) is 0. The highest BCUT2D eigenvalue weighted by atomic mass is 35.5. The molecule has 0 bridgehead atoms. The molecule has 3 nitrogen and oxygen atoms in total. The Balaban J connectivity index is 1.99. The smallest absolute Gasteiger partial charge is 0.130 e. The molecule has 0 atom stereocenters. The number of aromatic nitrogens is 1. The summed E-state index contributed by atoms with van der Waals surface area (Å²) in [4.78, 5) is 4.24. The van der Waals surface area contributed by atoms with Crippen LogP contribution in [0.3, 0.4) is 0 Å². The van der Waals surface area contributed by atoms with Crippen molar-refractivity contribution >= 4 is 23.2 Å².